The summed E-state index contributed by atoms with van der Waals surface area (Å²) in [5.41, 5.74) is 1.77. The molecule has 1 rings (SSSR count). The quantitative estimate of drug-likeness (QED) is 0.425. The Morgan fingerprint density at radius 3 is 2.53 bits per heavy atom. The fourth-order valence-electron chi connectivity index (χ4n) is 1.01. The number of hydrogen-bond acceptors (Lipinski definition) is 3. The van der Waals surface area contributed by atoms with Crippen LogP contribution in [-0.4, -0.2) is 18.2 Å². The number of rotatable bonds is 1. The van der Waals surface area contributed by atoms with Gasteiger partial charge in [-0.25, -0.2) is 4.79 Å². The summed E-state index contributed by atoms with van der Waals surface area (Å²) in [6, 6.07) is 7.29. The Bertz CT molecular complexity index is 395. The molecule has 15 heavy (non-hydrogen) atoms. The lowest BCUT2D eigenvalue weighted by Crippen LogP contribution is -1.98. The monoisotopic (exact) mass is 204 g/mol. The van der Waals surface area contributed by atoms with E-state index in [1.54, 1.807) is 12.1 Å². The zero-order valence-electron chi connectivity index (χ0n) is 8.65. The third-order valence-electron chi connectivity index (χ3n) is 1.89. The summed E-state index contributed by atoms with van der Waals surface area (Å²) in [5, 5.41) is 9.57. The van der Waals surface area contributed by atoms with Crippen LogP contribution in [0.25, 0.3) is 0 Å². The van der Waals surface area contributed by atoms with Gasteiger partial charge in [0.2, 0.25) is 0 Å². The first-order chi connectivity index (χ1) is 7.13. The van der Waals surface area contributed by atoms with Crippen LogP contribution < -0.4 is 0 Å². The normalized spacial score (nSPS) is 11.1. The predicted molar refractivity (Wildman–Crippen MR) is 55.9 cm³/mol. The first kappa shape index (κ1) is 11.3. The lowest BCUT2D eigenvalue weighted by Gasteiger charge is -2.03. The van der Waals surface area contributed by atoms with Crippen LogP contribution in [0.3, 0.4) is 0 Å². The van der Waals surface area contributed by atoms with E-state index in [2.05, 4.69) is 16.6 Å². The van der Waals surface area contributed by atoms with E-state index in [-0.39, 0.29) is 0 Å². The largest absolute Gasteiger partial charge is 0.459 e. The fourth-order valence-corrected chi connectivity index (χ4v) is 1.01. The molecule has 0 saturated heterocycles. The number of ether oxygens (including phenoxy) is 1. The van der Waals surface area contributed by atoms with Gasteiger partial charge in [-0.1, -0.05) is 35.7 Å². The summed E-state index contributed by atoms with van der Waals surface area (Å²) >= 11 is 0. The fraction of sp³-hybridized carbons (Fsp3) is 0.250. The average molecular weight is 204 g/mol. The standard InChI is InChI=1S/C12H12O3/c1-9-3-5-10(6-4-9)11(13)7-8-12(14)15-2/h3-6,11,13H,1-2H3. The molecule has 0 fully saturated rings. The van der Waals surface area contributed by atoms with Gasteiger partial charge in [0.15, 0.2) is 0 Å². The van der Waals surface area contributed by atoms with E-state index in [0.717, 1.165) is 5.56 Å². The van der Waals surface area contributed by atoms with Gasteiger partial charge in [-0.15, -0.1) is 0 Å². The molecule has 0 radical (unpaired) electrons. The Hall–Kier alpha value is -1.79. The molecule has 0 saturated carbocycles. The van der Waals surface area contributed by atoms with Crippen LogP contribution in [0.5, 0.6) is 0 Å². The first-order valence-electron chi connectivity index (χ1n) is 4.47. The van der Waals surface area contributed by atoms with Crippen LogP contribution in [0.2, 0.25) is 0 Å². The maximum Gasteiger partial charge on any atom is 0.384 e. The Morgan fingerprint density at radius 2 is 2.00 bits per heavy atom. The van der Waals surface area contributed by atoms with E-state index in [1.165, 1.54) is 7.11 Å². The molecule has 0 aliphatic rings. The van der Waals surface area contributed by atoms with Crippen molar-refractivity contribution in [3.8, 4) is 11.8 Å². The third kappa shape index (κ3) is 3.45. The molecule has 1 unspecified atom stereocenters. The van der Waals surface area contributed by atoms with Crippen molar-refractivity contribution in [2.45, 2.75) is 13.0 Å². The second-order valence-electron chi connectivity index (χ2n) is 3.07. The molecule has 3 nitrogen and oxygen atoms in total. The smallest absolute Gasteiger partial charge is 0.384 e. The van der Waals surface area contributed by atoms with E-state index in [0.29, 0.717) is 5.56 Å². The maximum absolute atomic E-state index is 10.7. The number of carbonyl (C=O) groups is 1. The molecule has 0 aliphatic carbocycles. The van der Waals surface area contributed by atoms with Crippen LogP contribution in [-0.2, 0) is 9.53 Å². The van der Waals surface area contributed by atoms with Crippen LogP contribution in [0.1, 0.15) is 17.2 Å². The van der Waals surface area contributed by atoms with E-state index in [1.807, 2.05) is 19.1 Å². The van der Waals surface area contributed by atoms with Crippen molar-refractivity contribution in [2.75, 3.05) is 7.11 Å². The summed E-state index contributed by atoms with van der Waals surface area (Å²) in [4.78, 5) is 10.7. The molecule has 1 aromatic rings. The highest BCUT2D eigenvalue weighted by Gasteiger charge is 2.02. The number of aliphatic hydroxyl groups is 1. The van der Waals surface area contributed by atoms with E-state index < -0.39 is 12.1 Å². The molecule has 0 bridgehead atoms. The molecule has 0 aromatic heterocycles. The number of methoxy groups -OCH3 is 1. The molecule has 0 spiro atoms. The molecule has 0 heterocycles. The number of carbonyl (C=O) groups excluding carboxylic acids is 1. The molecule has 0 amide bonds. The van der Waals surface area contributed by atoms with Crippen LogP contribution in [0.4, 0.5) is 0 Å². The molecule has 1 atom stereocenters. The highest BCUT2D eigenvalue weighted by Crippen LogP contribution is 2.12. The van der Waals surface area contributed by atoms with Gasteiger partial charge in [0, 0.05) is 5.92 Å². The predicted octanol–water partition coefficient (Wildman–Crippen LogP) is 1.20. The van der Waals surface area contributed by atoms with Gasteiger partial charge in [-0.05, 0) is 12.5 Å². The lowest BCUT2D eigenvalue weighted by molar-refractivity contribution is -0.133. The number of esters is 1. The van der Waals surface area contributed by atoms with Gasteiger partial charge in [-0.3, -0.25) is 0 Å². The topological polar surface area (TPSA) is 46.5 Å². The second-order valence-corrected chi connectivity index (χ2v) is 3.07. The summed E-state index contributed by atoms with van der Waals surface area (Å²) < 4.78 is 4.33. The van der Waals surface area contributed by atoms with Crippen LogP contribution in [0.15, 0.2) is 24.3 Å². The van der Waals surface area contributed by atoms with Crippen LogP contribution >= 0.6 is 0 Å². The maximum atomic E-state index is 10.7. The molecule has 1 aromatic carbocycles. The van der Waals surface area contributed by atoms with Crippen molar-refractivity contribution in [1.29, 1.82) is 0 Å². The van der Waals surface area contributed by atoms with Crippen molar-refractivity contribution in [2.24, 2.45) is 0 Å². The van der Waals surface area contributed by atoms with Crippen molar-refractivity contribution < 1.29 is 14.6 Å². The lowest BCUT2D eigenvalue weighted by atomic mass is 10.1. The molecular formula is C12H12O3. The third-order valence-corrected chi connectivity index (χ3v) is 1.89. The number of aliphatic hydroxyl groups excluding tert-OH is 1. The Balaban J connectivity index is 2.75. The van der Waals surface area contributed by atoms with Gasteiger partial charge in [-0.2, -0.15) is 0 Å². The summed E-state index contributed by atoms with van der Waals surface area (Å²) in [7, 11) is 1.25. The van der Waals surface area contributed by atoms with Gasteiger partial charge in [0.25, 0.3) is 0 Å². The SMILES string of the molecule is COC(=O)C#CC(O)c1ccc(C)cc1. The zero-order valence-corrected chi connectivity index (χ0v) is 8.65. The molecular weight excluding hydrogens is 192 g/mol. The van der Waals surface area contributed by atoms with Crippen molar-refractivity contribution in [1.82, 2.24) is 0 Å². The molecule has 3 heteroatoms. The van der Waals surface area contributed by atoms with Crippen molar-refractivity contribution >= 4 is 5.97 Å². The van der Waals surface area contributed by atoms with E-state index >= 15 is 0 Å². The highest BCUT2D eigenvalue weighted by atomic mass is 16.5. The first-order valence-corrected chi connectivity index (χ1v) is 4.47. The summed E-state index contributed by atoms with van der Waals surface area (Å²) in [6.45, 7) is 1.95. The minimum Gasteiger partial charge on any atom is -0.459 e. The second kappa shape index (κ2) is 5.18. The highest BCUT2D eigenvalue weighted by molar-refractivity contribution is 5.88. The summed E-state index contributed by atoms with van der Waals surface area (Å²) in [6.07, 6.45) is -0.954. The van der Waals surface area contributed by atoms with Gasteiger partial charge in [0.05, 0.1) is 7.11 Å². The van der Waals surface area contributed by atoms with E-state index in [9.17, 15) is 9.90 Å². The van der Waals surface area contributed by atoms with Gasteiger partial charge in [0.1, 0.15) is 6.10 Å². The average Bonchev–Trinajstić information content (AvgIpc) is 2.26. The molecule has 0 aliphatic heterocycles. The molecule has 1 N–H and O–H groups in total. The Labute approximate surface area is 88.7 Å². The minimum absolute atomic E-state index is 0.652. The number of aryl methyl sites for hydroxylation is 1. The molecule has 78 valence electrons. The summed E-state index contributed by atoms with van der Waals surface area (Å²) in [5.74, 6) is 3.93. The van der Waals surface area contributed by atoms with Gasteiger partial charge < -0.3 is 9.84 Å². The minimum atomic E-state index is -0.954. The van der Waals surface area contributed by atoms with Gasteiger partial charge >= 0.3 is 5.97 Å². The number of benzene rings is 1. The Morgan fingerprint density at radius 1 is 1.40 bits per heavy atom. The zero-order chi connectivity index (χ0) is 11.3. The van der Waals surface area contributed by atoms with Crippen LogP contribution in [0, 0.1) is 18.8 Å². The van der Waals surface area contributed by atoms with Crippen molar-refractivity contribution in [3.63, 3.8) is 0 Å². The Kier molecular flexibility index (Phi) is 3.90. The van der Waals surface area contributed by atoms with E-state index in [4.69, 9.17) is 0 Å². The van der Waals surface area contributed by atoms with Crippen molar-refractivity contribution in [3.05, 3.63) is 35.4 Å². The number of hydrogen-bond donors (Lipinski definition) is 1.